The van der Waals surface area contributed by atoms with Gasteiger partial charge in [-0.25, -0.2) is 9.97 Å². The number of hydrogen-bond donors (Lipinski definition) is 0. The summed E-state index contributed by atoms with van der Waals surface area (Å²) in [5, 5.41) is 8.71. The molecule has 0 N–H and O–H groups in total. The molecule has 2 aromatic heterocycles. The molecule has 0 atom stereocenters. The van der Waals surface area contributed by atoms with E-state index in [0.717, 1.165) is 55.7 Å². The fourth-order valence-electron chi connectivity index (χ4n) is 8.33. The fraction of sp³-hybridized carbons (Fsp3) is 0. The van der Waals surface area contributed by atoms with E-state index in [0.29, 0.717) is 5.82 Å². The fourth-order valence-corrected chi connectivity index (χ4v) is 8.33. The normalized spacial score (nSPS) is 11.6. The summed E-state index contributed by atoms with van der Waals surface area (Å²) in [6.07, 6.45) is 1.88. The molecule has 3 heteroatoms. The van der Waals surface area contributed by atoms with Crippen LogP contribution in [0.2, 0.25) is 0 Å². The van der Waals surface area contributed by atoms with Crippen LogP contribution in [0.4, 0.5) is 0 Å². The number of fused-ring (bicyclic) bond motifs is 1. The van der Waals surface area contributed by atoms with Crippen LogP contribution in [0.15, 0.2) is 200 Å². The predicted octanol–water partition coefficient (Wildman–Crippen LogP) is 13.9. The Kier molecular flexibility index (Phi) is 7.49. The second-order valence-electron chi connectivity index (χ2n) is 14.4. The first-order chi connectivity index (χ1) is 27.7. The van der Waals surface area contributed by atoms with Crippen molar-refractivity contribution in [1.29, 1.82) is 0 Å². The second-order valence-corrected chi connectivity index (χ2v) is 14.4. The maximum Gasteiger partial charge on any atom is 0.160 e. The van der Waals surface area contributed by atoms with Gasteiger partial charge in [0.25, 0.3) is 0 Å². The summed E-state index contributed by atoms with van der Waals surface area (Å²) in [5.74, 6) is 0.687. The highest BCUT2D eigenvalue weighted by atomic mass is 14.9. The van der Waals surface area contributed by atoms with Crippen molar-refractivity contribution in [2.24, 2.45) is 0 Å². The Balaban J connectivity index is 1.15. The lowest BCUT2D eigenvalue weighted by Gasteiger charge is -2.17. The van der Waals surface area contributed by atoms with Crippen molar-refractivity contribution in [1.82, 2.24) is 15.0 Å². The SMILES string of the molecule is c1ccc(-c2ccc(-c3cc(-c4cc(-c5ccc6ccc7cccc8ccc5c6c78)cc(-c5cccc6cccnc56)c4)nc(-c4ccccc4)n3)cc2)cc1. The van der Waals surface area contributed by atoms with Crippen LogP contribution in [0, 0.1) is 0 Å². The maximum absolute atomic E-state index is 5.30. The molecule has 0 aliphatic heterocycles. The molecule has 9 aromatic carbocycles. The first-order valence-electron chi connectivity index (χ1n) is 19.0. The molecule has 0 fully saturated rings. The molecule has 0 bridgehead atoms. The third kappa shape index (κ3) is 5.49. The summed E-state index contributed by atoms with van der Waals surface area (Å²) in [6, 6.07) is 69.2. The number of para-hydroxylation sites is 1. The van der Waals surface area contributed by atoms with Gasteiger partial charge in [0.1, 0.15) is 0 Å². The van der Waals surface area contributed by atoms with E-state index < -0.39 is 0 Å². The Morgan fingerprint density at radius 2 is 0.857 bits per heavy atom. The predicted molar refractivity (Wildman–Crippen MR) is 234 cm³/mol. The van der Waals surface area contributed by atoms with E-state index in [-0.39, 0.29) is 0 Å². The second kappa shape index (κ2) is 13.1. The molecule has 0 radical (unpaired) electrons. The number of pyridine rings is 1. The largest absolute Gasteiger partial charge is 0.256 e. The Morgan fingerprint density at radius 3 is 1.62 bits per heavy atom. The first kappa shape index (κ1) is 32.0. The van der Waals surface area contributed by atoms with Crippen molar-refractivity contribution in [2.45, 2.75) is 0 Å². The summed E-state index contributed by atoms with van der Waals surface area (Å²) in [6.45, 7) is 0. The van der Waals surface area contributed by atoms with E-state index in [1.165, 1.54) is 49.0 Å². The molecule has 0 aliphatic carbocycles. The molecule has 0 saturated heterocycles. The molecule has 0 unspecified atom stereocenters. The van der Waals surface area contributed by atoms with Gasteiger partial charge in [-0.1, -0.05) is 164 Å². The van der Waals surface area contributed by atoms with Crippen molar-refractivity contribution in [2.75, 3.05) is 0 Å². The van der Waals surface area contributed by atoms with Gasteiger partial charge in [-0.3, -0.25) is 4.98 Å². The molecule has 2 heterocycles. The third-order valence-corrected chi connectivity index (χ3v) is 11.1. The Bertz CT molecular complexity index is 3200. The Labute approximate surface area is 324 Å². The molecule has 3 nitrogen and oxygen atoms in total. The zero-order valence-electron chi connectivity index (χ0n) is 30.4. The van der Waals surface area contributed by atoms with Gasteiger partial charge >= 0.3 is 0 Å². The molecular formula is C53H33N3. The number of hydrogen-bond acceptors (Lipinski definition) is 3. The van der Waals surface area contributed by atoms with E-state index in [1.54, 1.807) is 0 Å². The van der Waals surface area contributed by atoms with E-state index in [1.807, 2.05) is 36.5 Å². The van der Waals surface area contributed by atoms with Gasteiger partial charge in [0.15, 0.2) is 5.82 Å². The third-order valence-electron chi connectivity index (χ3n) is 11.1. The van der Waals surface area contributed by atoms with Gasteiger partial charge in [0.05, 0.1) is 16.9 Å². The van der Waals surface area contributed by atoms with Crippen LogP contribution < -0.4 is 0 Å². The van der Waals surface area contributed by atoms with E-state index >= 15 is 0 Å². The molecular weight excluding hydrogens is 679 g/mol. The highest BCUT2D eigenvalue weighted by molar-refractivity contribution is 6.25. The zero-order valence-corrected chi connectivity index (χ0v) is 30.4. The average molecular weight is 712 g/mol. The number of nitrogens with zero attached hydrogens (tertiary/aromatic N) is 3. The van der Waals surface area contributed by atoms with Crippen LogP contribution in [-0.4, -0.2) is 15.0 Å². The van der Waals surface area contributed by atoms with Crippen molar-refractivity contribution in [3.63, 3.8) is 0 Å². The Morgan fingerprint density at radius 1 is 0.304 bits per heavy atom. The minimum Gasteiger partial charge on any atom is -0.256 e. The lowest BCUT2D eigenvalue weighted by Crippen LogP contribution is -1.97. The van der Waals surface area contributed by atoms with E-state index in [4.69, 9.17) is 15.0 Å². The van der Waals surface area contributed by atoms with Crippen molar-refractivity contribution >= 4 is 43.2 Å². The smallest absolute Gasteiger partial charge is 0.160 e. The van der Waals surface area contributed by atoms with Crippen LogP contribution >= 0.6 is 0 Å². The van der Waals surface area contributed by atoms with Gasteiger partial charge in [-0.15, -0.1) is 0 Å². The number of benzene rings is 9. The summed E-state index contributed by atoms with van der Waals surface area (Å²) in [5.41, 5.74) is 12.5. The van der Waals surface area contributed by atoms with Crippen molar-refractivity contribution < 1.29 is 0 Å². The zero-order chi connectivity index (χ0) is 37.0. The average Bonchev–Trinajstić information content (AvgIpc) is 3.28. The van der Waals surface area contributed by atoms with Gasteiger partial charge in [-0.05, 0) is 90.5 Å². The maximum atomic E-state index is 5.30. The molecule has 11 aromatic rings. The van der Waals surface area contributed by atoms with E-state index in [2.05, 4.69) is 164 Å². The summed E-state index contributed by atoms with van der Waals surface area (Å²) < 4.78 is 0. The first-order valence-corrected chi connectivity index (χ1v) is 19.0. The van der Waals surface area contributed by atoms with E-state index in [9.17, 15) is 0 Å². The lowest BCUT2D eigenvalue weighted by atomic mass is 9.88. The number of rotatable bonds is 6. The monoisotopic (exact) mass is 711 g/mol. The molecule has 0 saturated carbocycles. The molecule has 56 heavy (non-hydrogen) atoms. The molecule has 260 valence electrons. The van der Waals surface area contributed by atoms with Crippen LogP contribution in [0.5, 0.6) is 0 Å². The highest BCUT2D eigenvalue weighted by Gasteiger charge is 2.17. The van der Waals surface area contributed by atoms with Crippen molar-refractivity contribution in [3.05, 3.63) is 200 Å². The molecule has 0 spiro atoms. The summed E-state index contributed by atoms with van der Waals surface area (Å²) in [7, 11) is 0. The van der Waals surface area contributed by atoms with Gasteiger partial charge in [0.2, 0.25) is 0 Å². The highest BCUT2D eigenvalue weighted by Crippen LogP contribution is 2.42. The van der Waals surface area contributed by atoms with Gasteiger partial charge in [0, 0.05) is 33.8 Å². The Hall–Kier alpha value is -7.49. The quantitative estimate of drug-likeness (QED) is 0.161. The topological polar surface area (TPSA) is 38.7 Å². The van der Waals surface area contributed by atoms with Gasteiger partial charge in [-0.2, -0.15) is 0 Å². The van der Waals surface area contributed by atoms with Crippen LogP contribution in [0.25, 0.3) is 111 Å². The lowest BCUT2D eigenvalue weighted by molar-refractivity contribution is 1.18. The van der Waals surface area contributed by atoms with Crippen LogP contribution in [-0.2, 0) is 0 Å². The minimum atomic E-state index is 0.687. The van der Waals surface area contributed by atoms with Gasteiger partial charge < -0.3 is 0 Å². The summed E-state index contributed by atoms with van der Waals surface area (Å²) in [4.78, 5) is 15.3. The van der Waals surface area contributed by atoms with Crippen molar-refractivity contribution in [3.8, 4) is 67.3 Å². The minimum absolute atomic E-state index is 0.687. The molecule has 0 aliphatic rings. The molecule has 0 amide bonds. The molecule has 11 rings (SSSR count). The summed E-state index contributed by atoms with van der Waals surface area (Å²) >= 11 is 0. The van der Waals surface area contributed by atoms with Crippen LogP contribution in [0.3, 0.4) is 0 Å². The number of aromatic nitrogens is 3. The standard InChI is InChI=1S/C53H33N3/c1-3-10-34(11-4-1)35-19-21-36(22-20-35)48-33-49(56-53(55-48)41-12-5-2-6-13-41)44-31-42(30-43(32-44)46-18-8-16-40-17-9-29-54-52(40)46)45-27-25-39-24-23-37-14-7-15-38-26-28-47(45)51(39)50(37)38/h1-33H. The van der Waals surface area contributed by atoms with Crippen LogP contribution in [0.1, 0.15) is 0 Å².